The first-order valence-electron chi connectivity index (χ1n) is 9.55. The number of nitrogens with zero attached hydrogens (tertiary/aromatic N) is 2. The standard InChI is InChI=1S/C21H27N3O3/c1-4-27-19(25)13-22-21(26)16-9-11-24(12-10-16)20-14(2)15(3)23-18-8-6-5-7-17(18)20/h5-8,16H,4,9-13H2,1-3H3,(H,22,26). The number of nitrogens with one attached hydrogen (secondary N) is 1. The predicted molar refractivity (Wildman–Crippen MR) is 106 cm³/mol. The van der Waals surface area contributed by atoms with E-state index in [0.717, 1.165) is 42.5 Å². The van der Waals surface area contributed by atoms with Crippen LogP contribution in [0.5, 0.6) is 0 Å². The molecule has 6 heteroatoms. The van der Waals surface area contributed by atoms with E-state index in [1.807, 2.05) is 25.1 Å². The minimum Gasteiger partial charge on any atom is -0.465 e. The molecule has 0 saturated carbocycles. The van der Waals surface area contributed by atoms with E-state index in [9.17, 15) is 9.59 Å². The number of esters is 1. The van der Waals surface area contributed by atoms with Gasteiger partial charge in [-0.3, -0.25) is 14.6 Å². The van der Waals surface area contributed by atoms with Gasteiger partial charge in [0.05, 0.1) is 17.8 Å². The Morgan fingerprint density at radius 3 is 2.63 bits per heavy atom. The molecule has 0 radical (unpaired) electrons. The fraction of sp³-hybridized carbons (Fsp3) is 0.476. The van der Waals surface area contributed by atoms with E-state index >= 15 is 0 Å². The Hall–Kier alpha value is -2.63. The number of piperidine rings is 1. The zero-order valence-electron chi connectivity index (χ0n) is 16.2. The van der Waals surface area contributed by atoms with Crippen molar-refractivity contribution in [1.29, 1.82) is 0 Å². The summed E-state index contributed by atoms with van der Waals surface area (Å²) >= 11 is 0. The molecule has 1 N–H and O–H groups in total. The average molecular weight is 369 g/mol. The third kappa shape index (κ3) is 4.21. The van der Waals surface area contributed by atoms with Gasteiger partial charge in [-0.15, -0.1) is 0 Å². The molecule has 1 amide bonds. The number of aromatic nitrogens is 1. The van der Waals surface area contributed by atoms with Crippen molar-refractivity contribution < 1.29 is 14.3 Å². The number of amides is 1. The lowest BCUT2D eigenvalue weighted by Gasteiger charge is -2.35. The summed E-state index contributed by atoms with van der Waals surface area (Å²) in [6.45, 7) is 7.80. The Morgan fingerprint density at radius 1 is 1.22 bits per heavy atom. The van der Waals surface area contributed by atoms with Gasteiger partial charge in [0.25, 0.3) is 0 Å². The van der Waals surface area contributed by atoms with Gasteiger partial charge in [-0.1, -0.05) is 18.2 Å². The van der Waals surface area contributed by atoms with Gasteiger partial charge >= 0.3 is 5.97 Å². The number of fused-ring (bicyclic) bond motifs is 1. The highest BCUT2D eigenvalue weighted by Crippen LogP contribution is 2.33. The lowest BCUT2D eigenvalue weighted by molar-refractivity contribution is -0.143. The summed E-state index contributed by atoms with van der Waals surface area (Å²) in [4.78, 5) is 30.8. The van der Waals surface area contributed by atoms with Crippen LogP contribution in [0.4, 0.5) is 5.69 Å². The van der Waals surface area contributed by atoms with E-state index in [1.165, 1.54) is 11.3 Å². The quantitative estimate of drug-likeness (QED) is 0.821. The normalized spacial score (nSPS) is 15.0. The molecule has 0 spiro atoms. The lowest BCUT2D eigenvalue weighted by Crippen LogP contribution is -2.42. The third-order valence-electron chi connectivity index (χ3n) is 5.24. The number of rotatable bonds is 5. The molecule has 2 aromatic rings. The maximum atomic E-state index is 12.3. The molecule has 2 heterocycles. The van der Waals surface area contributed by atoms with Crippen molar-refractivity contribution in [3.63, 3.8) is 0 Å². The van der Waals surface area contributed by atoms with Crippen LogP contribution in [0.2, 0.25) is 0 Å². The van der Waals surface area contributed by atoms with Crippen LogP contribution in [-0.4, -0.2) is 43.1 Å². The van der Waals surface area contributed by atoms with Crippen LogP contribution < -0.4 is 10.2 Å². The van der Waals surface area contributed by atoms with E-state index in [-0.39, 0.29) is 18.4 Å². The predicted octanol–water partition coefficient (Wildman–Crippen LogP) is 2.75. The number of benzene rings is 1. The molecule has 1 aliphatic rings. The summed E-state index contributed by atoms with van der Waals surface area (Å²) in [5, 5.41) is 3.86. The average Bonchev–Trinajstić information content (AvgIpc) is 2.67. The van der Waals surface area contributed by atoms with Crippen molar-refractivity contribution in [3.8, 4) is 0 Å². The molecule has 1 saturated heterocycles. The smallest absolute Gasteiger partial charge is 0.325 e. The van der Waals surface area contributed by atoms with Crippen molar-refractivity contribution in [1.82, 2.24) is 10.3 Å². The van der Waals surface area contributed by atoms with Gasteiger partial charge in [0.2, 0.25) is 5.91 Å². The highest BCUT2D eigenvalue weighted by atomic mass is 16.5. The van der Waals surface area contributed by atoms with E-state index in [4.69, 9.17) is 9.72 Å². The van der Waals surface area contributed by atoms with Crippen molar-refractivity contribution in [2.75, 3.05) is 31.1 Å². The summed E-state index contributed by atoms with van der Waals surface area (Å²) < 4.78 is 4.85. The van der Waals surface area contributed by atoms with Crippen molar-refractivity contribution in [2.24, 2.45) is 5.92 Å². The van der Waals surface area contributed by atoms with Gasteiger partial charge in [0.15, 0.2) is 0 Å². The highest BCUT2D eigenvalue weighted by molar-refractivity contribution is 5.94. The molecule has 0 aliphatic carbocycles. The second-order valence-corrected chi connectivity index (χ2v) is 6.97. The number of hydrogen-bond acceptors (Lipinski definition) is 5. The molecule has 27 heavy (non-hydrogen) atoms. The SMILES string of the molecule is CCOC(=O)CNC(=O)C1CCN(c2c(C)c(C)nc3ccccc23)CC1. The largest absolute Gasteiger partial charge is 0.465 e. The Kier molecular flexibility index (Phi) is 5.94. The van der Waals surface area contributed by atoms with Crippen LogP contribution in [0.1, 0.15) is 31.0 Å². The van der Waals surface area contributed by atoms with E-state index in [0.29, 0.717) is 6.61 Å². The summed E-state index contributed by atoms with van der Waals surface area (Å²) in [5.74, 6) is -0.516. The van der Waals surface area contributed by atoms with Crippen molar-refractivity contribution in [3.05, 3.63) is 35.5 Å². The second kappa shape index (κ2) is 8.37. The van der Waals surface area contributed by atoms with E-state index < -0.39 is 5.97 Å². The summed E-state index contributed by atoms with van der Waals surface area (Å²) in [7, 11) is 0. The number of carbonyl (C=O) groups excluding carboxylic acids is 2. The summed E-state index contributed by atoms with van der Waals surface area (Å²) in [6, 6.07) is 8.20. The van der Waals surface area contributed by atoms with Gasteiger partial charge in [-0.2, -0.15) is 0 Å². The van der Waals surface area contributed by atoms with Crippen LogP contribution in [0.25, 0.3) is 10.9 Å². The molecule has 1 fully saturated rings. The first-order chi connectivity index (χ1) is 13.0. The Bertz CT molecular complexity index is 842. The Balaban J connectivity index is 1.68. The molecule has 0 bridgehead atoms. The number of carbonyl (C=O) groups is 2. The molecule has 0 atom stereocenters. The van der Waals surface area contributed by atoms with Crippen LogP contribution in [0.15, 0.2) is 24.3 Å². The fourth-order valence-electron chi connectivity index (χ4n) is 3.70. The zero-order valence-corrected chi connectivity index (χ0v) is 16.2. The van der Waals surface area contributed by atoms with Crippen molar-refractivity contribution in [2.45, 2.75) is 33.6 Å². The van der Waals surface area contributed by atoms with Crippen LogP contribution in [0, 0.1) is 19.8 Å². The topological polar surface area (TPSA) is 71.5 Å². The van der Waals surface area contributed by atoms with Gasteiger partial charge in [0, 0.05) is 30.1 Å². The van der Waals surface area contributed by atoms with Gasteiger partial charge in [-0.25, -0.2) is 0 Å². The number of hydrogen-bond donors (Lipinski definition) is 1. The number of ether oxygens (including phenoxy) is 1. The number of anilines is 1. The molecule has 1 aliphatic heterocycles. The maximum absolute atomic E-state index is 12.3. The second-order valence-electron chi connectivity index (χ2n) is 6.97. The molecule has 6 nitrogen and oxygen atoms in total. The minimum atomic E-state index is -0.391. The molecule has 1 aromatic carbocycles. The van der Waals surface area contributed by atoms with Crippen LogP contribution in [-0.2, 0) is 14.3 Å². The molecular formula is C21H27N3O3. The van der Waals surface area contributed by atoms with Gasteiger partial charge < -0.3 is 15.0 Å². The Labute approximate surface area is 159 Å². The molecular weight excluding hydrogens is 342 g/mol. The van der Waals surface area contributed by atoms with Crippen molar-refractivity contribution >= 4 is 28.5 Å². The third-order valence-corrected chi connectivity index (χ3v) is 5.24. The summed E-state index contributed by atoms with van der Waals surface area (Å²) in [6.07, 6.45) is 1.54. The van der Waals surface area contributed by atoms with Crippen LogP contribution >= 0.6 is 0 Å². The first-order valence-corrected chi connectivity index (χ1v) is 9.55. The lowest BCUT2D eigenvalue weighted by atomic mass is 9.94. The molecule has 1 aromatic heterocycles. The van der Waals surface area contributed by atoms with Crippen LogP contribution in [0.3, 0.4) is 0 Å². The fourth-order valence-corrected chi connectivity index (χ4v) is 3.70. The molecule has 3 rings (SSSR count). The van der Waals surface area contributed by atoms with E-state index in [2.05, 4.69) is 23.2 Å². The Morgan fingerprint density at radius 2 is 1.93 bits per heavy atom. The van der Waals surface area contributed by atoms with E-state index in [1.54, 1.807) is 6.92 Å². The van der Waals surface area contributed by atoms with Gasteiger partial charge in [-0.05, 0) is 45.2 Å². The summed E-state index contributed by atoms with van der Waals surface area (Å²) in [5.41, 5.74) is 4.46. The zero-order chi connectivity index (χ0) is 19.4. The first kappa shape index (κ1) is 19.1. The number of aryl methyl sites for hydroxylation is 1. The molecule has 144 valence electrons. The maximum Gasteiger partial charge on any atom is 0.325 e. The minimum absolute atomic E-state index is 0.0554. The number of para-hydroxylation sites is 1. The van der Waals surface area contributed by atoms with Gasteiger partial charge in [0.1, 0.15) is 6.54 Å². The number of pyridine rings is 1. The molecule has 0 unspecified atom stereocenters. The highest BCUT2D eigenvalue weighted by Gasteiger charge is 2.27. The monoisotopic (exact) mass is 369 g/mol.